The van der Waals surface area contributed by atoms with Crippen LogP contribution in [0.2, 0.25) is 0 Å². The van der Waals surface area contributed by atoms with Crippen molar-refractivity contribution in [2.24, 2.45) is 5.73 Å². The van der Waals surface area contributed by atoms with Crippen molar-refractivity contribution >= 4 is 28.2 Å². The topological polar surface area (TPSA) is 113 Å². The maximum atomic E-state index is 11.4. The molecule has 16 heavy (non-hydrogen) atoms. The summed E-state index contributed by atoms with van der Waals surface area (Å²) in [5.74, 6) is -1.58. The van der Waals surface area contributed by atoms with Gasteiger partial charge in [-0.25, -0.2) is 4.79 Å². The van der Waals surface area contributed by atoms with Crippen molar-refractivity contribution in [2.45, 2.75) is 13.0 Å². The summed E-state index contributed by atoms with van der Waals surface area (Å²) in [5, 5.41) is 10.2. The molecule has 2 N–H and O–H groups in total. The molecule has 0 aromatic carbocycles. The van der Waals surface area contributed by atoms with Crippen LogP contribution in [0.15, 0.2) is 12.1 Å². The Morgan fingerprint density at radius 3 is 2.62 bits per heavy atom. The molecule has 1 aromatic heterocycles. The molecular weight excluding hydrogens is 236 g/mol. The summed E-state index contributed by atoms with van der Waals surface area (Å²) in [6.07, 6.45) is -1.06. The molecule has 1 amide bonds. The summed E-state index contributed by atoms with van der Waals surface area (Å²) in [6, 6.07) is 2.45. The predicted molar refractivity (Wildman–Crippen MR) is 55.0 cm³/mol. The predicted octanol–water partition coefficient (Wildman–Crippen LogP) is 0.687. The van der Waals surface area contributed by atoms with E-state index in [1.807, 2.05) is 0 Å². The van der Waals surface area contributed by atoms with Crippen molar-refractivity contribution in [1.82, 2.24) is 0 Å². The monoisotopic (exact) mass is 244 g/mol. The van der Waals surface area contributed by atoms with Crippen molar-refractivity contribution in [3.63, 3.8) is 0 Å². The number of hydrogen-bond acceptors (Lipinski definition) is 6. The first kappa shape index (κ1) is 12.1. The van der Waals surface area contributed by atoms with Crippen LogP contribution in [-0.4, -0.2) is 22.9 Å². The van der Waals surface area contributed by atoms with Crippen molar-refractivity contribution in [1.29, 1.82) is 0 Å². The lowest BCUT2D eigenvalue weighted by molar-refractivity contribution is -0.380. The highest BCUT2D eigenvalue weighted by atomic mass is 32.1. The second-order valence-electron chi connectivity index (χ2n) is 2.84. The second-order valence-corrected chi connectivity index (χ2v) is 3.91. The van der Waals surface area contributed by atoms with Gasteiger partial charge in [-0.3, -0.25) is 14.9 Å². The van der Waals surface area contributed by atoms with Crippen LogP contribution in [0.4, 0.5) is 5.00 Å². The fourth-order valence-corrected chi connectivity index (χ4v) is 1.52. The molecule has 8 heteroatoms. The first-order valence-corrected chi connectivity index (χ1v) is 4.98. The largest absolute Gasteiger partial charge is 0.448 e. The zero-order chi connectivity index (χ0) is 12.3. The summed E-state index contributed by atoms with van der Waals surface area (Å²) in [6.45, 7) is 1.32. The van der Waals surface area contributed by atoms with Crippen molar-refractivity contribution in [3.8, 4) is 0 Å². The van der Waals surface area contributed by atoms with Crippen LogP contribution in [0.1, 0.15) is 16.6 Å². The number of nitrogens with two attached hydrogens (primary N) is 1. The van der Waals surface area contributed by atoms with Crippen LogP contribution < -0.4 is 5.73 Å². The van der Waals surface area contributed by atoms with Crippen LogP contribution in [0.3, 0.4) is 0 Å². The van der Waals surface area contributed by atoms with Crippen LogP contribution in [-0.2, 0) is 9.53 Å². The molecule has 0 radical (unpaired) electrons. The Hall–Kier alpha value is -1.96. The smallest absolute Gasteiger partial charge is 0.349 e. The van der Waals surface area contributed by atoms with Crippen LogP contribution >= 0.6 is 11.3 Å². The van der Waals surface area contributed by atoms with Gasteiger partial charge in [0.05, 0.1) is 4.92 Å². The van der Waals surface area contributed by atoms with E-state index in [0.717, 1.165) is 0 Å². The SMILES string of the molecule is C[C@H](OC(=O)c1ccc([N+](=O)[O-])s1)C(N)=O. The first-order valence-electron chi connectivity index (χ1n) is 4.16. The number of primary amides is 1. The number of rotatable bonds is 4. The average molecular weight is 244 g/mol. The zero-order valence-corrected chi connectivity index (χ0v) is 9.02. The summed E-state index contributed by atoms with van der Waals surface area (Å²) in [7, 11) is 0. The standard InChI is InChI=1S/C8H8N2O5S/c1-4(7(9)11)15-8(12)5-2-3-6(16-5)10(13)14/h2-4H,1H3,(H2,9,11)/t4-/m0/s1. The number of ether oxygens (including phenoxy) is 1. The Labute approximate surface area is 94.0 Å². The summed E-state index contributed by atoms with van der Waals surface area (Å²) in [4.78, 5) is 31.8. The van der Waals surface area contributed by atoms with Crippen LogP contribution in [0.5, 0.6) is 0 Å². The number of nitrogens with zero attached hydrogens (tertiary/aromatic N) is 1. The lowest BCUT2D eigenvalue weighted by Gasteiger charge is -2.07. The summed E-state index contributed by atoms with van der Waals surface area (Å²) >= 11 is 0.677. The third-order valence-electron chi connectivity index (χ3n) is 1.66. The maximum absolute atomic E-state index is 11.4. The first-order chi connectivity index (χ1) is 7.41. The number of carbonyl (C=O) groups excluding carboxylic acids is 2. The second kappa shape index (κ2) is 4.71. The average Bonchev–Trinajstić information content (AvgIpc) is 2.65. The van der Waals surface area contributed by atoms with Crippen molar-refractivity contribution in [2.75, 3.05) is 0 Å². The Morgan fingerprint density at radius 2 is 2.19 bits per heavy atom. The Bertz CT molecular complexity index is 441. The lowest BCUT2D eigenvalue weighted by Crippen LogP contribution is -2.30. The van der Waals surface area contributed by atoms with E-state index < -0.39 is 22.9 Å². The molecule has 0 bridgehead atoms. The molecule has 0 aliphatic carbocycles. The Balaban J connectivity index is 2.73. The maximum Gasteiger partial charge on any atom is 0.349 e. The molecule has 0 aliphatic rings. The number of hydrogen-bond donors (Lipinski definition) is 1. The van der Waals surface area contributed by atoms with Gasteiger partial charge in [0.25, 0.3) is 5.91 Å². The lowest BCUT2D eigenvalue weighted by atomic mass is 10.4. The molecule has 86 valence electrons. The van der Waals surface area contributed by atoms with Gasteiger partial charge in [-0.2, -0.15) is 0 Å². The molecule has 7 nitrogen and oxygen atoms in total. The normalized spacial score (nSPS) is 11.8. The van der Waals surface area contributed by atoms with E-state index in [2.05, 4.69) is 4.74 Å². The number of nitro groups is 1. The van der Waals surface area contributed by atoms with E-state index >= 15 is 0 Å². The number of thiophene rings is 1. The zero-order valence-electron chi connectivity index (χ0n) is 8.21. The van der Waals surface area contributed by atoms with Crippen molar-refractivity contribution < 1.29 is 19.2 Å². The van der Waals surface area contributed by atoms with Gasteiger partial charge in [-0.15, -0.1) is 0 Å². The van der Waals surface area contributed by atoms with Crippen LogP contribution in [0, 0.1) is 10.1 Å². The van der Waals surface area contributed by atoms with Gasteiger partial charge >= 0.3 is 11.0 Å². The van der Waals surface area contributed by atoms with E-state index in [1.54, 1.807) is 0 Å². The minimum absolute atomic E-state index is 0.0554. The fourth-order valence-electron chi connectivity index (χ4n) is 0.812. The number of carbonyl (C=O) groups is 2. The van der Waals surface area contributed by atoms with Gasteiger partial charge in [-0.1, -0.05) is 11.3 Å². The number of esters is 1. The van der Waals surface area contributed by atoms with Crippen LogP contribution in [0.25, 0.3) is 0 Å². The molecule has 1 atom stereocenters. The molecule has 1 heterocycles. The highest BCUT2D eigenvalue weighted by molar-refractivity contribution is 7.17. The molecule has 0 spiro atoms. The van der Waals surface area contributed by atoms with E-state index in [1.165, 1.54) is 19.1 Å². The molecule has 1 rings (SSSR count). The van der Waals surface area contributed by atoms with Crippen molar-refractivity contribution in [3.05, 3.63) is 27.1 Å². The third kappa shape index (κ3) is 2.76. The van der Waals surface area contributed by atoms with Gasteiger partial charge in [0.2, 0.25) is 0 Å². The van der Waals surface area contributed by atoms with Gasteiger partial charge < -0.3 is 10.5 Å². The molecule has 1 aromatic rings. The van der Waals surface area contributed by atoms with Gasteiger partial charge in [0.1, 0.15) is 4.88 Å². The molecule has 0 unspecified atom stereocenters. The Kier molecular flexibility index (Phi) is 3.56. The molecule has 0 fully saturated rings. The van der Waals surface area contributed by atoms with E-state index in [9.17, 15) is 19.7 Å². The third-order valence-corrected chi connectivity index (χ3v) is 2.67. The van der Waals surface area contributed by atoms with E-state index in [4.69, 9.17) is 5.73 Å². The van der Waals surface area contributed by atoms with Gasteiger partial charge in [-0.05, 0) is 13.0 Å². The molecule has 0 aliphatic heterocycles. The van der Waals surface area contributed by atoms with Gasteiger partial charge in [0, 0.05) is 6.07 Å². The summed E-state index contributed by atoms with van der Waals surface area (Å²) < 4.78 is 4.67. The Morgan fingerprint density at radius 1 is 1.56 bits per heavy atom. The summed E-state index contributed by atoms with van der Waals surface area (Å²) in [5.41, 5.74) is 4.89. The fraction of sp³-hybridized carbons (Fsp3) is 0.250. The van der Waals surface area contributed by atoms with Gasteiger partial charge in [0.15, 0.2) is 6.10 Å². The van der Waals surface area contributed by atoms with E-state index in [0.29, 0.717) is 11.3 Å². The quantitative estimate of drug-likeness (QED) is 0.475. The molecule has 0 saturated carbocycles. The minimum atomic E-state index is -1.06. The minimum Gasteiger partial charge on any atom is -0.448 e. The molecular formula is C8H8N2O5S. The highest BCUT2D eigenvalue weighted by Gasteiger charge is 2.20. The molecule has 0 saturated heterocycles. The number of amides is 1. The highest BCUT2D eigenvalue weighted by Crippen LogP contribution is 2.24. The van der Waals surface area contributed by atoms with E-state index in [-0.39, 0.29) is 9.88 Å².